The van der Waals surface area contributed by atoms with Gasteiger partial charge in [0.2, 0.25) is 0 Å². The highest BCUT2D eigenvalue weighted by molar-refractivity contribution is 5.32. The lowest BCUT2D eigenvalue weighted by Crippen LogP contribution is -2.28. The Kier molecular flexibility index (Phi) is 5.80. The third kappa shape index (κ3) is 4.12. The van der Waals surface area contributed by atoms with Crippen LogP contribution in [0.5, 0.6) is 0 Å². The minimum absolute atomic E-state index is 0.281. The minimum atomic E-state index is -0.281. The van der Waals surface area contributed by atoms with E-state index in [9.17, 15) is 4.39 Å². The van der Waals surface area contributed by atoms with Crippen LogP contribution in [0.2, 0.25) is 0 Å². The Morgan fingerprint density at radius 3 is 2.61 bits per heavy atom. The van der Waals surface area contributed by atoms with Crippen molar-refractivity contribution in [1.82, 2.24) is 4.90 Å². The zero-order chi connectivity index (χ0) is 13.5. The highest BCUT2D eigenvalue weighted by atomic mass is 19.1. The number of rotatable bonds is 6. The van der Waals surface area contributed by atoms with E-state index in [-0.39, 0.29) is 5.82 Å². The van der Waals surface area contributed by atoms with Crippen molar-refractivity contribution in [3.63, 3.8) is 0 Å². The van der Waals surface area contributed by atoms with Crippen molar-refractivity contribution in [1.29, 1.82) is 5.26 Å². The van der Waals surface area contributed by atoms with Gasteiger partial charge in [0.05, 0.1) is 11.6 Å². The van der Waals surface area contributed by atoms with Crippen LogP contribution in [0.15, 0.2) is 18.2 Å². The lowest BCUT2D eigenvalue weighted by atomic mass is 10.1. The van der Waals surface area contributed by atoms with Crippen molar-refractivity contribution in [2.24, 2.45) is 5.92 Å². The van der Waals surface area contributed by atoms with E-state index in [0.717, 1.165) is 19.5 Å². The molecule has 0 amide bonds. The molecule has 0 saturated carbocycles. The molecule has 1 rings (SSSR count). The number of halogens is 1. The second kappa shape index (κ2) is 7.13. The van der Waals surface area contributed by atoms with Gasteiger partial charge in [-0.2, -0.15) is 5.26 Å². The van der Waals surface area contributed by atoms with Gasteiger partial charge in [-0.15, -0.1) is 0 Å². The van der Waals surface area contributed by atoms with Gasteiger partial charge in [-0.1, -0.05) is 33.3 Å². The molecule has 18 heavy (non-hydrogen) atoms. The monoisotopic (exact) mass is 248 g/mol. The SMILES string of the molecule is CCC(C)CN(CC)Cc1ccc(C#N)cc1F. The topological polar surface area (TPSA) is 27.0 Å². The predicted molar refractivity (Wildman–Crippen MR) is 71.5 cm³/mol. The Morgan fingerprint density at radius 2 is 2.11 bits per heavy atom. The van der Waals surface area contributed by atoms with E-state index in [1.54, 1.807) is 12.1 Å². The van der Waals surface area contributed by atoms with Crippen molar-refractivity contribution in [2.45, 2.75) is 33.7 Å². The van der Waals surface area contributed by atoms with E-state index < -0.39 is 0 Å². The molecule has 0 bridgehead atoms. The van der Waals surface area contributed by atoms with Crippen LogP contribution >= 0.6 is 0 Å². The van der Waals surface area contributed by atoms with Gasteiger partial charge in [0, 0.05) is 18.7 Å². The van der Waals surface area contributed by atoms with Gasteiger partial charge in [-0.3, -0.25) is 4.90 Å². The Balaban J connectivity index is 2.73. The Bertz CT molecular complexity index is 423. The first-order valence-corrected chi connectivity index (χ1v) is 6.51. The molecule has 0 heterocycles. The van der Waals surface area contributed by atoms with Crippen molar-refractivity contribution in [3.05, 3.63) is 35.1 Å². The maximum absolute atomic E-state index is 13.8. The molecule has 0 spiro atoms. The first-order chi connectivity index (χ1) is 8.60. The minimum Gasteiger partial charge on any atom is -0.299 e. The number of nitrogens with zero attached hydrogens (tertiary/aromatic N) is 2. The fourth-order valence-corrected chi connectivity index (χ4v) is 1.86. The highest BCUT2D eigenvalue weighted by Crippen LogP contribution is 2.14. The van der Waals surface area contributed by atoms with Crippen LogP contribution in [-0.4, -0.2) is 18.0 Å². The lowest BCUT2D eigenvalue weighted by Gasteiger charge is -2.24. The molecule has 0 aliphatic carbocycles. The lowest BCUT2D eigenvalue weighted by molar-refractivity contribution is 0.235. The Morgan fingerprint density at radius 1 is 1.39 bits per heavy atom. The maximum Gasteiger partial charge on any atom is 0.129 e. The van der Waals surface area contributed by atoms with Gasteiger partial charge < -0.3 is 0 Å². The van der Waals surface area contributed by atoms with Crippen LogP contribution in [0.3, 0.4) is 0 Å². The van der Waals surface area contributed by atoms with Crippen LogP contribution in [-0.2, 0) is 6.54 Å². The first kappa shape index (κ1) is 14.7. The quantitative estimate of drug-likeness (QED) is 0.769. The van der Waals surface area contributed by atoms with E-state index in [1.807, 2.05) is 6.07 Å². The molecule has 2 nitrogen and oxygen atoms in total. The van der Waals surface area contributed by atoms with Crippen molar-refractivity contribution >= 4 is 0 Å². The van der Waals surface area contributed by atoms with Gasteiger partial charge in [-0.05, 0) is 24.6 Å². The molecular weight excluding hydrogens is 227 g/mol. The van der Waals surface area contributed by atoms with Gasteiger partial charge in [0.15, 0.2) is 0 Å². The standard InChI is InChI=1S/C15H21FN2/c1-4-12(3)10-18(5-2)11-14-7-6-13(9-17)8-15(14)16/h6-8,12H,4-5,10-11H2,1-3H3. The van der Waals surface area contributed by atoms with Crippen molar-refractivity contribution in [2.75, 3.05) is 13.1 Å². The van der Waals surface area contributed by atoms with Crippen LogP contribution in [0.1, 0.15) is 38.3 Å². The van der Waals surface area contributed by atoms with Crippen LogP contribution in [0.25, 0.3) is 0 Å². The zero-order valence-electron chi connectivity index (χ0n) is 11.4. The third-order valence-electron chi connectivity index (χ3n) is 3.29. The number of nitriles is 1. The second-order valence-corrected chi connectivity index (χ2v) is 4.76. The molecule has 0 aliphatic heterocycles. The summed E-state index contributed by atoms with van der Waals surface area (Å²) in [6, 6.07) is 6.65. The molecule has 1 atom stereocenters. The maximum atomic E-state index is 13.8. The summed E-state index contributed by atoms with van der Waals surface area (Å²) in [4.78, 5) is 2.23. The summed E-state index contributed by atoms with van der Waals surface area (Å²) in [5.74, 6) is 0.336. The Hall–Kier alpha value is -1.40. The zero-order valence-corrected chi connectivity index (χ0v) is 11.4. The normalized spacial score (nSPS) is 12.4. The number of hydrogen-bond donors (Lipinski definition) is 0. The molecule has 0 aliphatic rings. The van der Waals surface area contributed by atoms with Crippen LogP contribution < -0.4 is 0 Å². The molecule has 1 aromatic carbocycles. The summed E-state index contributed by atoms with van der Waals surface area (Å²) >= 11 is 0. The summed E-state index contributed by atoms with van der Waals surface area (Å²) in [6.07, 6.45) is 1.13. The fraction of sp³-hybridized carbons (Fsp3) is 0.533. The van der Waals surface area contributed by atoms with E-state index in [2.05, 4.69) is 25.7 Å². The van der Waals surface area contributed by atoms with E-state index in [1.165, 1.54) is 6.07 Å². The average Bonchev–Trinajstić information content (AvgIpc) is 2.39. The number of hydrogen-bond acceptors (Lipinski definition) is 2. The first-order valence-electron chi connectivity index (χ1n) is 6.51. The van der Waals surface area contributed by atoms with E-state index in [0.29, 0.717) is 23.6 Å². The van der Waals surface area contributed by atoms with Gasteiger partial charge >= 0.3 is 0 Å². The molecule has 0 saturated heterocycles. The fourth-order valence-electron chi connectivity index (χ4n) is 1.86. The molecule has 1 aromatic rings. The van der Waals surface area contributed by atoms with Crippen LogP contribution in [0, 0.1) is 23.1 Å². The largest absolute Gasteiger partial charge is 0.299 e. The summed E-state index contributed by atoms with van der Waals surface area (Å²) < 4.78 is 13.8. The summed E-state index contributed by atoms with van der Waals surface area (Å²) in [5.41, 5.74) is 1.04. The van der Waals surface area contributed by atoms with E-state index >= 15 is 0 Å². The van der Waals surface area contributed by atoms with Crippen molar-refractivity contribution in [3.8, 4) is 6.07 Å². The van der Waals surface area contributed by atoms with Crippen molar-refractivity contribution < 1.29 is 4.39 Å². The molecular formula is C15H21FN2. The predicted octanol–water partition coefficient (Wildman–Crippen LogP) is 3.57. The average molecular weight is 248 g/mol. The molecule has 0 radical (unpaired) electrons. The van der Waals surface area contributed by atoms with Crippen LogP contribution in [0.4, 0.5) is 4.39 Å². The summed E-state index contributed by atoms with van der Waals surface area (Å²) in [7, 11) is 0. The second-order valence-electron chi connectivity index (χ2n) is 4.76. The molecule has 0 fully saturated rings. The molecule has 0 aromatic heterocycles. The van der Waals surface area contributed by atoms with Gasteiger partial charge in [0.1, 0.15) is 5.82 Å². The van der Waals surface area contributed by atoms with E-state index in [4.69, 9.17) is 5.26 Å². The Labute approximate surface area is 109 Å². The number of benzene rings is 1. The molecule has 98 valence electrons. The molecule has 0 N–H and O–H groups in total. The smallest absolute Gasteiger partial charge is 0.129 e. The summed E-state index contributed by atoms with van der Waals surface area (Å²) in [6.45, 7) is 8.96. The van der Waals surface area contributed by atoms with Gasteiger partial charge in [0.25, 0.3) is 0 Å². The third-order valence-corrected chi connectivity index (χ3v) is 3.29. The summed E-state index contributed by atoms with van der Waals surface area (Å²) in [5, 5.41) is 8.70. The molecule has 3 heteroatoms. The molecule has 1 unspecified atom stereocenters. The van der Waals surface area contributed by atoms with Gasteiger partial charge in [-0.25, -0.2) is 4.39 Å². The highest BCUT2D eigenvalue weighted by Gasteiger charge is 2.11.